The monoisotopic (exact) mass is 405 g/mol. The zero-order valence-corrected chi connectivity index (χ0v) is 17.3. The summed E-state index contributed by atoms with van der Waals surface area (Å²) in [6, 6.07) is 23.1. The average molecular weight is 406 g/mol. The van der Waals surface area contributed by atoms with E-state index in [4.69, 9.17) is 4.74 Å². The molecule has 0 aromatic heterocycles. The lowest BCUT2D eigenvalue weighted by Crippen LogP contribution is -2.13. The second-order valence-electron chi connectivity index (χ2n) is 6.65. The summed E-state index contributed by atoms with van der Waals surface area (Å²) < 4.78 is 4.74. The van der Waals surface area contributed by atoms with Gasteiger partial charge in [0.2, 0.25) is 0 Å². The van der Waals surface area contributed by atoms with Crippen LogP contribution in [0.25, 0.3) is 0 Å². The number of carbonyl (C=O) groups excluding carboxylic acids is 2. The fourth-order valence-electron chi connectivity index (χ4n) is 2.81. The molecule has 0 spiro atoms. The number of anilines is 1. The van der Waals surface area contributed by atoms with Gasteiger partial charge in [-0.2, -0.15) is 11.8 Å². The molecule has 148 valence electrons. The zero-order chi connectivity index (χ0) is 20.6. The molecule has 29 heavy (non-hydrogen) atoms. The van der Waals surface area contributed by atoms with E-state index in [1.807, 2.05) is 61.2 Å². The van der Waals surface area contributed by atoms with E-state index in [0.29, 0.717) is 16.8 Å². The van der Waals surface area contributed by atoms with Crippen LogP contribution in [-0.2, 0) is 16.2 Å². The third kappa shape index (κ3) is 5.72. The molecule has 0 aliphatic rings. The number of benzene rings is 3. The molecule has 0 bridgehead atoms. The number of amides is 1. The van der Waals surface area contributed by atoms with Crippen LogP contribution in [0.1, 0.15) is 37.4 Å². The Bertz CT molecular complexity index is 985. The van der Waals surface area contributed by atoms with E-state index in [9.17, 15) is 9.59 Å². The highest BCUT2D eigenvalue weighted by molar-refractivity contribution is 7.97. The molecule has 0 fully saturated rings. The van der Waals surface area contributed by atoms with Crippen LogP contribution in [0.15, 0.2) is 72.8 Å². The van der Waals surface area contributed by atoms with Crippen LogP contribution in [0.2, 0.25) is 0 Å². The Morgan fingerprint density at radius 1 is 0.862 bits per heavy atom. The van der Waals surface area contributed by atoms with E-state index in [1.165, 1.54) is 18.2 Å². The Morgan fingerprint density at radius 2 is 1.48 bits per heavy atom. The van der Waals surface area contributed by atoms with E-state index in [2.05, 4.69) is 17.4 Å². The molecule has 3 aromatic carbocycles. The normalized spacial score (nSPS) is 10.4. The van der Waals surface area contributed by atoms with Gasteiger partial charge >= 0.3 is 5.97 Å². The van der Waals surface area contributed by atoms with E-state index < -0.39 is 5.97 Å². The highest BCUT2D eigenvalue weighted by atomic mass is 32.2. The summed E-state index contributed by atoms with van der Waals surface area (Å²) in [5.41, 5.74) is 4.92. The Kier molecular flexibility index (Phi) is 7.09. The van der Waals surface area contributed by atoms with Crippen LogP contribution in [0.3, 0.4) is 0 Å². The largest absolute Gasteiger partial charge is 0.465 e. The third-order valence-corrected chi connectivity index (χ3v) is 5.58. The van der Waals surface area contributed by atoms with Crippen molar-refractivity contribution in [1.82, 2.24) is 0 Å². The number of nitrogens with one attached hydrogen (secondary N) is 1. The molecule has 1 amide bonds. The molecule has 0 atom stereocenters. The topological polar surface area (TPSA) is 55.4 Å². The van der Waals surface area contributed by atoms with Crippen LogP contribution < -0.4 is 5.32 Å². The average Bonchev–Trinajstić information content (AvgIpc) is 2.76. The minimum absolute atomic E-state index is 0.210. The number of esters is 1. The Hall–Kier alpha value is -3.05. The van der Waals surface area contributed by atoms with E-state index in [-0.39, 0.29) is 5.91 Å². The fourth-order valence-corrected chi connectivity index (χ4v) is 3.77. The lowest BCUT2D eigenvalue weighted by atomic mass is 10.1. The summed E-state index contributed by atoms with van der Waals surface area (Å²) in [4.78, 5) is 24.3. The number of rotatable bonds is 7. The minimum Gasteiger partial charge on any atom is -0.465 e. The van der Waals surface area contributed by atoms with Crippen molar-refractivity contribution in [3.8, 4) is 0 Å². The number of carbonyl (C=O) groups is 2. The van der Waals surface area contributed by atoms with Crippen molar-refractivity contribution < 1.29 is 14.3 Å². The van der Waals surface area contributed by atoms with Gasteiger partial charge in [-0.3, -0.25) is 4.79 Å². The van der Waals surface area contributed by atoms with Gasteiger partial charge in [0.15, 0.2) is 0 Å². The van der Waals surface area contributed by atoms with Crippen LogP contribution in [0.4, 0.5) is 5.69 Å². The molecular formula is C24H23NO3S. The summed E-state index contributed by atoms with van der Waals surface area (Å²) in [6.45, 7) is 1.88. The molecule has 0 aliphatic carbocycles. The molecule has 0 unspecified atom stereocenters. The number of aryl methyl sites for hydroxylation is 1. The fraction of sp³-hybridized carbons (Fsp3) is 0.167. The van der Waals surface area contributed by atoms with Gasteiger partial charge in [-0.25, -0.2) is 4.79 Å². The predicted molar refractivity (Wildman–Crippen MR) is 118 cm³/mol. The van der Waals surface area contributed by atoms with E-state index >= 15 is 0 Å². The van der Waals surface area contributed by atoms with Crippen LogP contribution in [-0.4, -0.2) is 19.0 Å². The third-order valence-electron chi connectivity index (χ3n) is 4.50. The zero-order valence-electron chi connectivity index (χ0n) is 16.5. The first-order valence-corrected chi connectivity index (χ1v) is 10.4. The van der Waals surface area contributed by atoms with Gasteiger partial charge in [0, 0.05) is 22.8 Å². The first-order chi connectivity index (χ1) is 14.1. The molecule has 0 saturated heterocycles. The van der Waals surface area contributed by atoms with Crippen molar-refractivity contribution in [3.63, 3.8) is 0 Å². The van der Waals surface area contributed by atoms with Crippen LogP contribution in [0.5, 0.6) is 0 Å². The SMILES string of the molecule is COC(=O)c1ccc(C)c(NC(=O)c2ccc(CSCc3ccccc3)cc2)c1. The number of hydrogen-bond acceptors (Lipinski definition) is 4. The summed E-state index contributed by atoms with van der Waals surface area (Å²) >= 11 is 1.84. The molecule has 3 rings (SSSR count). The standard InChI is InChI=1S/C24H23NO3S/c1-17-8-11-21(24(27)28-2)14-22(17)25-23(26)20-12-9-19(10-13-20)16-29-15-18-6-4-3-5-7-18/h3-14H,15-16H2,1-2H3,(H,25,26). The molecule has 0 radical (unpaired) electrons. The number of ether oxygens (including phenoxy) is 1. The van der Waals surface area contributed by atoms with Crippen molar-refractivity contribution in [2.24, 2.45) is 0 Å². The first-order valence-electron chi connectivity index (χ1n) is 9.28. The first kappa shape index (κ1) is 20.7. The number of methoxy groups -OCH3 is 1. The van der Waals surface area contributed by atoms with Gasteiger partial charge in [-0.15, -0.1) is 0 Å². The Morgan fingerprint density at radius 3 is 2.14 bits per heavy atom. The van der Waals surface area contributed by atoms with Crippen LogP contribution in [0, 0.1) is 6.92 Å². The summed E-state index contributed by atoms with van der Waals surface area (Å²) in [5, 5.41) is 2.88. The summed E-state index contributed by atoms with van der Waals surface area (Å²) in [5.74, 6) is 1.20. The van der Waals surface area contributed by atoms with E-state index in [0.717, 1.165) is 17.1 Å². The second kappa shape index (κ2) is 9.94. The van der Waals surface area contributed by atoms with Crippen LogP contribution >= 0.6 is 11.8 Å². The maximum absolute atomic E-state index is 12.6. The van der Waals surface area contributed by atoms with Gasteiger partial charge < -0.3 is 10.1 Å². The van der Waals surface area contributed by atoms with Crippen molar-refractivity contribution in [3.05, 3.63) is 101 Å². The smallest absolute Gasteiger partial charge is 0.337 e. The number of hydrogen-bond donors (Lipinski definition) is 1. The molecule has 0 aliphatic heterocycles. The Labute approximate surface area is 175 Å². The van der Waals surface area contributed by atoms with E-state index in [1.54, 1.807) is 18.2 Å². The second-order valence-corrected chi connectivity index (χ2v) is 7.64. The summed E-state index contributed by atoms with van der Waals surface area (Å²) in [7, 11) is 1.33. The maximum Gasteiger partial charge on any atom is 0.337 e. The van der Waals surface area contributed by atoms with Crippen molar-refractivity contribution >= 4 is 29.3 Å². The molecule has 4 nitrogen and oxygen atoms in total. The van der Waals surface area contributed by atoms with Gasteiger partial charge in [0.25, 0.3) is 5.91 Å². The van der Waals surface area contributed by atoms with Gasteiger partial charge in [0.05, 0.1) is 12.7 Å². The molecular weight excluding hydrogens is 382 g/mol. The number of thioether (sulfide) groups is 1. The van der Waals surface area contributed by atoms with Crippen molar-refractivity contribution in [2.75, 3.05) is 12.4 Å². The van der Waals surface area contributed by atoms with Crippen molar-refractivity contribution in [1.29, 1.82) is 0 Å². The lowest BCUT2D eigenvalue weighted by Gasteiger charge is -2.10. The Balaban J connectivity index is 1.60. The summed E-state index contributed by atoms with van der Waals surface area (Å²) in [6.07, 6.45) is 0. The highest BCUT2D eigenvalue weighted by Gasteiger charge is 2.11. The van der Waals surface area contributed by atoms with Crippen molar-refractivity contribution in [2.45, 2.75) is 18.4 Å². The van der Waals surface area contributed by atoms with Gasteiger partial charge in [-0.05, 0) is 47.9 Å². The predicted octanol–water partition coefficient (Wildman–Crippen LogP) is 5.47. The lowest BCUT2D eigenvalue weighted by molar-refractivity contribution is 0.0600. The molecule has 0 heterocycles. The minimum atomic E-state index is -0.433. The van der Waals surface area contributed by atoms with Gasteiger partial charge in [0.1, 0.15) is 0 Å². The molecule has 1 N–H and O–H groups in total. The molecule has 5 heteroatoms. The molecule has 0 saturated carbocycles. The highest BCUT2D eigenvalue weighted by Crippen LogP contribution is 2.20. The molecule has 3 aromatic rings. The quantitative estimate of drug-likeness (QED) is 0.530. The van der Waals surface area contributed by atoms with Gasteiger partial charge in [-0.1, -0.05) is 48.5 Å². The maximum atomic E-state index is 12.6.